The molecule has 33 heavy (non-hydrogen) atoms. The van der Waals surface area contributed by atoms with Gasteiger partial charge in [-0.15, -0.1) is 0 Å². The number of aliphatic imine (C=N–C) groups is 1. The zero-order valence-electron chi connectivity index (χ0n) is 18.0. The number of rotatable bonds is 3. The maximum Gasteiger partial charge on any atom is 0.266 e. The van der Waals surface area contributed by atoms with Crippen LogP contribution in [0.25, 0.3) is 11.1 Å². The van der Waals surface area contributed by atoms with Crippen LogP contribution in [0.15, 0.2) is 65.7 Å². The molecule has 1 amide bonds. The lowest BCUT2D eigenvalue weighted by atomic mass is 9.80. The molecule has 1 unspecified atom stereocenters. The van der Waals surface area contributed by atoms with Crippen molar-refractivity contribution in [3.63, 3.8) is 0 Å². The van der Waals surface area contributed by atoms with E-state index in [0.717, 1.165) is 24.2 Å². The summed E-state index contributed by atoms with van der Waals surface area (Å²) >= 11 is 0. The van der Waals surface area contributed by atoms with E-state index < -0.39 is 11.4 Å². The van der Waals surface area contributed by atoms with E-state index in [4.69, 9.17) is 10.5 Å². The fourth-order valence-electron chi connectivity index (χ4n) is 4.50. The summed E-state index contributed by atoms with van der Waals surface area (Å²) in [5.74, 6) is 0.168. The van der Waals surface area contributed by atoms with Crippen molar-refractivity contribution in [2.24, 2.45) is 10.7 Å². The lowest BCUT2D eigenvalue weighted by molar-refractivity contribution is -0.129. The Balaban J connectivity index is 1.71. The molecule has 2 aliphatic rings. The minimum absolute atomic E-state index is 0.108. The Bertz CT molecular complexity index is 1360. The van der Waals surface area contributed by atoms with Crippen LogP contribution in [0.1, 0.15) is 28.7 Å². The van der Waals surface area contributed by atoms with Crippen molar-refractivity contribution >= 4 is 11.9 Å². The van der Waals surface area contributed by atoms with Gasteiger partial charge in [0.05, 0.1) is 18.2 Å². The maximum atomic E-state index is 14.7. The maximum absolute atomic E-state index is 14.7. The number of carbonyl (C=O) groups is 1. The quantitative estimate of drug-likeness (QED) is 0.672. The fourth-order valence-corrected chi connectivity index (χ4v) is 4.50. The van der Waals surface area contributed by atoms with Crippen LogP contribution in [0.3, 0.4) is 0 Å². The summed E-state index contributed by atoms with van der Waals surface area (Å²) in [4.78, 5) is 19.6. The standard InChI is InChI=1S/C26H21FN4O2/c1-31-24(32)26(30-25(31)29,20-8-10-23-18(14-20)5-3-11-33-23)19-6-2-4-17(13-19)21-12-16(15-28)7-9-22(21)27/h2,4,6-10,12-14H,3,5,11H2,1H3,(H2,29,30). The molecule has 6 nitrogen and oxygen atoms in total. The predicted molar refractivity (Wildman–Crippen MR) is 122 cm³/mol. The van der Waals surface area contributed by atoms with Gasteiger partial charge in [-0.05, 0) is 71.5 Å². The van der Waals surface area contributed by atoms with E-state index >= 15 is 0 Å². The van der Waals surface area contributed by atoms with Crippen molar-refractivity contribution in [2.45, 2.75) is 18.4 Å². The number of amides is 1. The Labute approximate surface area is 190 Å². The first-order valence-corrected chi connectivity index (χ1v) is 10.6. The molecule has 0 saturated heterocycles. The molecule has 0 radical (unpaired) electrons. The molecule has 0 aromatic heterocycles. The number of guanidine groups is 1. The number of nitrogens with two attached hydrogens (primary N) is 1. The van der Waals surface area contributed by atoms with Crippen molar-refractivity contribution in [3.05, 3.63) is 88.7 Å². The van der Waals surface area contributed by atoms with Crippen LogP contribution in [0.2, 0.25) is 0 Å². The molecule has 2 heterocycles. The van der Waals surface area contributed by atoms with Gasteiger partial charge in [0.15, 0.2) is 11.5 Å². The number of nitrogens with zero attached hydrogens (tertiary/aromatic N) is 3. The molecule has 164 valence electrons. The van der Waals surface area contributed by atoms with Crippen molar-refractivity contribution in [3.8, 4) is 22.9 Å². The Hall–Kier alpha value is -4.18. The predicted octanol–water partition coefficient (Wildman–Crippen LogP) is 3.72. The Morgan fingerprint density at radius 2 is 1.97 bits per heavy atom. The molecule has 0 saturated carbocycles. The highest BCUT2D eigenvalue weighted by molar-refractivity contribution is 6.09. The number of carbonyl (C=O) groups excluding carboxylic acids is 1. The zero-order chi connectivity index (χ0) is 23.2. The first kappa shape index (κ1) is 20.7. The first-order chi connectivity index (χ1) is 15.9. The van der Waals surface area contributed by atoms with Gasteiger partial charge in [0.25, 0.3) is 5.91 Å². The van der Waals surface area contributed by atoms with Crippen LogP contribution in [-0.4, -0.2) is 30.4 Å². The summed E-state index contributed by atoms with van der Waals surface area (Å²) in [7, 11) is 1.59. The highest BCUT2D eigenvalue weighted by atomic mass is 19.1. The van der Waals surface area contributed by atoms with Gasteiger partial charge < -0.3 is 10.5 Å². The van der Waals surface area contributed by atoms with Crippen LogP contribution < -0.4 is 10.5 Å². The summed E-state index contributed by atoms with van der Waals surface area (Å²) in [5, 5.41) is 9.24. The van der Waals surface area contributed by atoms with Crippen molar-refractivity contribution < 1.29 is 13.9 Å². The molecule has 1 atom stereocenters. The van der Waals surface area contributed by atoms with Gasteiger partial charge in [-0.1, -0.05) is 24.3 Å². The van der Waals surface area contributed by atoms with Gasteiger partial charge in [-0.3, -0.25) is 9.69 Å². The number of aryl methyl sites for hydroxylation is 1. The zero-order valence-corrected chi connectivity index (χ0v) is 18.0. The van der Waals surface area contributed by atoms with E-state index in [-0.39, 0.29) is 17.4 Å². The average molecular weight is 440 g/mol. The van der Waals surface area contributed by atoms with E-state index in [1.54, 1.807) is 31.3 Å². The second-order valence-electron chi connectivity index (χ2n) is 8.21. The summed E-state index contributed by atoms with van der Waals surface area (Å²) in [6, 6.07) is 18.9. The minimum atomic E-state index is -1.40. The van der Waals surface area contributed by atoms with Crippen molar-refractivity contribution in [2.75, 3.05) is 13.7 Å². The van der Waals surface area contributed by atoms with Crippen LogP contribution in [0.4, 0.5) is 4.39 Å². The Morgan fingerprint density at radius 1 is 1.15 bits per heavy atom. The van der Waals surface area contributed by atoms with Crippen LogP contribution >= 0.6 is 0 Å². The van der Waals surface area contributed by atoms with Gasteiger partial charge in [0, 0.05) is 12.6 Å². The van der Waals surface area contributed by atoms with Crippen molar-refractivity contribution in [1.29, 1.82) is 5.26 Å². The smallest absolute Gasteiger partial charge is 0.266 e. The lowest BCUT2D eigenvalue weighted by Crippen LogP contribution is -2.41. The van der Waals surface area contributed by atoms with E-state index in [2.05, 4.69) is 4.99 Å². The van der Waals surface area contributed by atoms with Crippen LogP contribution in [0.5, 0.6) is 5.75 Å². The van der Waals surface area contributed by atoms with Gasteiger partial charge >= 0.3 is 0 Å². The molecule has 7 heteroatoms. The average Bonchev–Trinajstić information content (AvgIpc) is 3.09. The number of ether oxygens (including phenoxy) is 1. The van der Waals surface area contributed by atoms with Crippen molar-refractivity contribution in [1.82, 2.24) is 4.90 Å². The first-order valence-electron chi connectivity index (χ1n) is 10.6. The second kappa shape index (κ2) is 7.75. The minimum Gasteiger partial charge on any atom is -0.493 e. The monoisotopic (exact) mass is 440 g/mol. The molecule has 3 aromatic rings. The van der Waals surface area contributed by atoms with Crippen LogP contribution in [0, 0.1) is 17.1 Å². The second-order valence-corrected chi connectivity index (χ2v) is 8.21. The normalized spacial score (nSPS) is 19.5. The number of hydrogen-bond donors (Lipinski definition) is 1. The molecule has 2 N–H and O–H groups in total. The van der Waals surface area contributed by atoms with E-state index in [1.807, 2.05) is 24.3 Å². The summed E-state index contributed by atoms with van der Waals surface area (Å²) in [6.45, 7) is 0.666. The molecule has 0 spiro atoms. The largest absolute Gasteiger partial charge is 0.493 e. The number of nitriles is 1. The highest BCUT2D eigenvalue weighted by Gasteiger charge is 2.49. The molecule has 0 bridgehead atoms. The number of fused-ring (bicyclic) bond motifs is 1. The Morgan fingerprint density at radius 3 is 2.73 bits per heavy atom. The molecule has 3 aromatic carbocycles. The van der Waals surface area contributed by atoms with E-state index in [1.165, 1.54) is 23.1 Å². The summed E-state index contributed by atoms with van der Waals surface area (Å²) < 4.78 is 20.4. The molecular formula is C26H21FN4O2. The number of halogens is 1. The molecule has 0 fully saturated rings. The van der Waals surface area contributed by atoms with E-state index in [9.17, 15) is 14.4 Å². The fraction of sp³-hybridized carbons (Fsp3) is 0.192. The Kier molecular flexibility index (Phi) is 4.86. The van der Waals surface area contributed by atoms with Gasteiger partial charge in [0.2, 0.25) is 0 Å². The SMILES string of the molecule is CN1C(=O)C(c2cccc(-c3cc(C#N)ccc3F)c2)(c2ccc3c(c2)CCCO3)N=C1N. The topological polar surface area (TPSA) is 91.7 Å². The third-order valence-electron chi connectivity index (χ3n) is 6.25. The molecule has 5 rings (SSSR count). The lowest BCUT2D eigenvalue weighted by Gasteiger charge is -2.28. The van der Waals surface area contributed by atoms with Gasteiger partial charge in [0.1, 0.15) is 11.6 Å². The highest BCUT2D eigenvalue weighted by Crippen LogP contribution is 2.42. The molecule has 2 aliphatic heterocycles. The van der Waals surface area contributed by atoms with E-state index in [0.29, 0.717) is 28.9 Å². The number of benzene rings is 3. The molecule has 0 aliphatic carbocycles. The van der Waals surface area contributed by atoms with Gasteiger partial charge in [-0.2, -0.15) is 5.26 Å². The third kappa shape index (κ3) is 3.23. The third-order valence-corrected chi connectivity index (χ3v) is 6.25. The summed E-state index contributed by atoms with van der Waals surface area (Å²) in [6.07, 6.45) is 1.74. The number of likely N-dealkylation sites (N-methyl/N-ethyl adjacent to an activating group) is 1. The summed E-state index contributed by atoms with van der Waals surface area (Å²) in [5.41, 5.74) is 8.12. The molecular weight excluding hydrogens is 419 g/mol. The number of hydrogen-bond acceptors (Lipinski definition) is 5. The van der Waals surface area contributed by atoms with Gasteiger partial charge in [-0.25, -0.2) is 9.38 Å². The van der Waals surface area contributed by atoms with Crippen LogP contribution in [-0.2, 0) is 16.8 Å².